The third-order valence-corrected chi connectivity index (χ3v) is 7.12. The minimum absolute atomic E-state index is 0.0353. The maximum atomic E-state index is 13.0. The van der Waals surface area contributed by atoms with E-state index in [1.54, 1.807) is 20.8 Å². The Morgan fingerprint density at radius 1 is 1.24 bits per heavy atom. The van der Waals surface area contributed by atoms with E-state index in [1.165, 1.54) is 24.2 Å². The SMILES string of the molecule is CC1CCCCN1S(=O)(=O)C(C)(C)C(=O)N=C(N)/C=C(\O)C(C)(C)C. The predicted octanol–water partition coefficient (Wildman–Crippen LogP) is 2.34. The van der Waals surface area contributed by atoms with Gasteiger partial charge in [-0.3, -0.25) is 4.79 Å². The molecule has 1 fully saturated rings. The van der Waals surface area contributed by atoms with Gasteiger partial charge in [0.25, 0.3) is 5.91 Å². The molecule has 1 aliphatic heterocycles. The number of aliphatic hydroxyl groups is 1. The largest absolute Gasteiger partial charge is 0.512 e. The van der Waals surface area contributed by atoms with Crippen LogP contribution in [-0.2, 0) is 14.8 Å². The fourth-order valence-corrected chi connectivity index (χ4v) is 4.27. The fraction of sp³-hybridized carbons (Fsp3) is 0.765. The topological polar surface area (TPSA) is 113 Å². The third-order valence-electron chi connectivity index (χ3n) is 4.49. The molecular weight excluding hydrogens is 342 g/mol. The van der Waals surface area contributed by atoms with E-state index in [2.05, 4.69) is 4.99 Å². The molecule has 0 saturated carbocycles. The number of aliphatic hydroxyl groups excluding tert-OH is 1. The van der Waals surface area contributed by atoms with Crippen molar-refractivity contribution in [2.45, 2.75) is 71.6 Å². The zero-order valence-electron chi connectivity index (χ0n) is 16.0. The van der Waals surface area contributed by atoms with Crippen LogP contribution in [0.3, 0.4) is 0 Å². The van der Waals surface area contributed by atoms with Gasteiger partial charge in [-0.15, -0.1) is 0 Å². The van der Waals surface area contributed by atoms with Gasteiger partial charge in [-0.05, 0) is 33.6 Å². The van der Waals surface area contributed by atoms with E-state index in [1.807, 2.05) is 6.92 Å². The molecule has 7 nitrogen and oxygen atoms in total. The summed E-state index contributed by atoms with van der Waals surface area (Å²) in [4.78, 5) is 16.2. The number of hydrogen-bond donors (Lipinski definition) is 2. The van der Waals surface area contributed by atoms with Crippen molar-refractivity contribution >= 4 is 21.8 Å². The summed E-state index contributed by atoms with van der Waals surface area (Å²) in [6.07, 6.45) is 3.71. The summed E-state index contributed by atoms with van der Waals surface area (Å²) in [6, 6.07) is -0.142. The number of carbonyl (C=O) groups excluding carboxylic acids is 1. The number of allylic oxidation sites excluding steroid dienone is 1. The number of aliphatic imine (C=N–C) groups is 1. The number of sulfonamides is 1. The van der Waals surface area contributed by atoms with Gasteiger partial charge in [-0.1, -0.05) is 27.2 Å². The summed E-state index contributed by atoms with van der Waals surface area (Å²) in [5.74, 6) is -1.10. The summed E-state index contributed by atoms with van der Waals surface area (Å²) in [7, 11) is -3.87. The molecule has 1 unspecified atom stereocenters. The average Bonchev–Trinajstić information content (AvgIpc) is 2.45. The second-order valence-electron chi connectivity index (χ2n) is 8.09. The molecule has 8 heteroatoms. The highest BCUT2D eigenvalue weighted by Gasteiger charge is 2.47. The Morgan fingerprint density at radius 3 is 2.28 bits per heavy atom. The molecule has 1 saturated heterocycles. The van der Waals surface area contributed by atoms with Gasteiger partial charge in [-0.25, -0.2) is 8.42 Å². The highest BCUT2D eigenvalue weighted by atomic mass is 32.2. The van der Waals surface area contributed by atoms with Gasteiger partial charge < -0.3 is 10.8 Å². The number of rotatable bonds is 4. The van der Waals surface area contributed by atoms with Crippen molar-refractivity contribution in [3.8, 4) is 0 Å². The minimum Gasteiger partial charge on any atom is -0.512 e. The second kappa shape index (κ2) is 7.45. The van der Waals surface area contributed by atoms with E-state index in [-0.39, 0.29) is 17.6 Å². The lowest BCUT2D eigenvalue weighted by Gasteiger charge is -2.37. The number of piperidine rings is 1. The number of amides is 1. The lowest BCUT2D eigenvalue weighted by atomic mass is 9.93. The minimum atomic E-state index is -3.87. The van der Waals surface area contributed by atoms with Crippen LogP contribution in [0.25, 0.3) is 0 Å². The average molecular weight is 374 g/mol. The summed E-state index contributed by atoms with van der Waals surface area (Å²) >= 11 is 0. The molecule has 0 spiro atoms. The molecule has 1 amide bonds. The zero-order chi connectivity index (χ0) is 19.6. The molecular formula is C17H31N3O4S. The lowest BCUT2D eigenvalue weighted by Crippen LogP contribution is -2.53. The number of carbonyl (C=O) groups is 1. The van der Waals surface area contributed by atoms with Crippen molar-refractivity contribution in [1.29, 1.82) is 0 Å². The molecule has 1 aliphatic rings. The standard InChI is InChI=1S/C17H31N3O4S/c1-12-9-7-8-10-20(12)25(23,24)17(5,6)15(22)19-14(18)11-13(21)16(2,3)4/h11-12,21H,7-10H2,1-6H3,(H2,18,19,22)/b13-11-. The van der Waals surface area contributed by atoms with Gasteiger partial charge in [0.1, 0.15) is 11.6 Å². The van der Waals surface area contributed by atoms with Gasteiger partial charge in [0, 0.05) is 24.1 Å². The molecule has 144 valence electrons. The quantitative estimate of drug-likeness (QED) is 0.446. The molecule has 1 heterocycles. The van der Waals surface area contributed by atoms with E-state index < -0.39 is 26.1 Å². The van der Waals surface area contributed by atoms with Gasteiger partial charge in [-0.2, -0.15) is 9.30 Å². The summed E-state index contributed by atoms with van der Waals surface area (Å²) < 4.78 is 25.6. The molecule has 0 aromatic heterocycles. The van der Waals surface area contributed by atoms with Crippen LogP contribution in [0.5, 0.6) is 0 Å². The third kappa shape index (κ3) is 4.82. The van der Waals surface area contributed by atoms with Gasteiger partial charge in [0.05, 0.1) is 0 Å². The van der Waals surface area contributed by atoms with E-state index in [0.717, 1.165) is 19.3 Å². The first-order valence-electron chi connectivity index (χ1n) is 8.52. The molecule has 25 heavy (non-hydrogen) atoms. The van der Waals surface area contributed by atoms with Gasteiger partial charge in [0.2, 0.25) is 10.0 Å². The number of nitrogens with two attached hydrogens (primary N) is 1. The van der Waals surface area contributed by atoms with Crippen molar-refractivity contribution in [3.05, 3.63) is 11.8 Å². The van der Waals surface area contributed by atoms with E-state index >= 15 is 0 Å². The van der Waals surface area contributed by atoms with Crippen LogP contribution in [0.4, 0.5) is 0 Å². The fourth-order valence-electron chi connectivity index (χ4n) is 2.47. The van der Waals surface area contributed by atoms with Crippen LogP contribution in [0.15, 0.2) is 16.8 Å². The Bertz CT molecular complexity index is 672. The Morgan fingerprint density at radius 2 is 1.80 bits per heavy atom. The Hall–Kier alpha value is -1.41. The van der Waals surface area contributed by atoms with E-state index in [9.17, 15) is 18.3 Å². The van der Waals surface area contributed by atoms with Gasteiger partial charge in [0.15, 0.2) is 4.75 Å². The normalized spacial score (nSPS) is 22.1. The maximum Gasteiger partial charge on any atom is 0.269 e. The summed E-state index contributed by atoms with van der Waals surface area (Å²) in [5.41, 5.74) is 5.15. The van der Waals surface area contributed by atoms with E-state index in [0.29, 0.717) is 6.54 Å². The first kappa shape index (κ1) is 21.6. The van der Waals surface area contributed by atoms with Crippen molar-refractivity contribution < 1.29 is 18.3 Å². The van der Waals surface area contributed by atoms with Crippen LogP contribution < -0.4 is 5.73 Å². The Labute approximate surface area is 151 Å². The van der Waals surface area contributed by atoms with Crippen molar-refractivity contribution in [3.63, 3.8) is 0 Å². The van der Waals surface area contributed by atoms with E-state index in [4.69, 9.17) is 5.73 Å². The predicted molar refractivity (Wildman–Crippen MR) is 99.8 cm³/mol. The van der Waals surface area contributed by atoms with Crippen LogP contribution in [0, 0.1) is 5.41 Å². The van der Waals surface area contributed by atoms with Gasteiger partial charge >= 0.3 is 0 Å². The first-order valence-corrected chi connectivity index (χ1v) is 9.96. The molecule has 0 aliphatic carbocycles. The highest BCUT2D eigenvalue weighted by molar-refractivity contribution is 7.91. The molecule has 0 aromatic rings. The van der Waals surface area contributed by atoms with Crippen molar-refractivity contribution in [2.75, 3.05) is 6.54 Å². The first-order chi connectivity index (χ1) is 11.2. The highest BCUT2D eigenvalue weighted by Crippen LogP contribution is 2.29. The van der Waals surface area contributed by atoms with Crippen LogP contribution in [-0.4, -0.2) is 46.9 Å². The van der Waals surface area contributed by atoms with Crippen LogP contribution >= 0.6 is 0 Å². The zero-order valence-corrected chi connectivity index (χ0v) is 16.9. The van der Waals surface area contributed by atoms with Crippen molar-refractivity contribution in [1.82, 2.24) is 4.31 Å². The Kier molecular flexibility index (Phi) is 6.45. The van der Waals surface area contributed by atoms with Crippen LogP contribution in [0.2, 0.25) is 0 Å². The number of amidine groups is 1. The van der Waals surface area contributed by atoms with Crippen LogP contribution in [0.1, 0.15) is 60.8 Å². The van der Waals surface area contributed by atoms with Crippen molar-refractivity contribution in [2.24, 2.45) is 16.1 Å². The summed E-state index contributed by atoms with van der Waals surface area (Å²) in [6.45, 7) is 10.3. The Balaban J connectivity index is 3.12. The summed E-state index contributed by atoms with van der Waals surface area (Å²) in [5, 5.41) is 9.93. The number of nitrogens with zero attached hydrogens (tertiary/aromatic N) is 2. The number of hydrogen-bond acceptors (Lipinski definition) is 4. The lowest BCUT2D eigenvalue weighted by molar-refractivity contribution is -0.119. The second-order valence-corrected chi connectivity index (χ2v) is 10.5. The molecule has 0 bridgehead atoms. The molecule has 0 aromatic carbocycles. The molecule has 1 atom stereocenters. The molecule has 0 radical (unpaired) electrons. The monoisotopic (exact) mass is 373 g/mol. The molecule has 1 rings (SSSR count). The smallest absolute Gasteiger partial charge is 0.269 e. The maximum absolute atomic E-state index is 13.0. The molecule has 3 N–H and O–H groups in total.